The fourth-order valence-corrected chi connectivity index (χ4v) is 3.08. The van der Waals surface area contributed by atoms with E-state index < -0.39 is 0 Å². The maximum absolute atomic E-state index is 3.45. The van der Waals surface area contributed by atoms with Gasteiger partial charge in [-0.15, -0.1) is 11.3 Å². The average Bonchev–Trinajstić information content (AvgIpc) is 2.77. The Kier molecular flexibility index (Phi) is 3.65. The minimum atomic E-state index is 0.531. The second kappa shape index (κ2) is 4.99. The van der Waals surface area contributed by atoms with Crippen LogP contribution < -0.4 is 5.32 Å². The highest BCUT2D eigenvalue weighted by Gasteiger charge is 2.12. The molecule has 1 aromatic rings. The molecule has 15 heavy (non-hydrogen) atoms. The van der Waals surface area contributed by atoms with Crippen molar-refractivity contribution in [3.8, 4) is 0 Å². The smallest absolute Gasteiger partial charge is 0.0887 e. The van der Waals surface area contributed by atoms with Crippen molar-refractivity contribution in [2.75, 3.05) is 18.4 Å². The number of rotatable bonds is 4. The summed E-state index contributed by atoms with van der Waals surface area (Å²) in [5.41, 5.74) is 0. The van der Waals surface area contributed by atoms with Crippen molar-refractivity contribution in [1.29, 1.82) is 0 Å². The molecular weight excluding hydrogens is 204 g/mol. The van der Waals surface area contributed by atoms with Crippen LogP contribution in [-0.4, -0.2) is 24.0 Å². The molecule has 2 nitrogen and oxygen atoms in total. The molecular formula is C12H20N2S. The summed E-state index contributed by atoms with van der Waals surface area (Å²) >= 11 is 1.90. The fourth-order valence-electron chi connectivity index (χ4n) is 1.99. The van der Waals surface area contributed by atoms with Gasteiger partial charge in [0, 0.05) is 17.5 Å². The Bertz CT molecular complexity index is 300. The molecule has 1 aliphatic heterocycles. The zero-order valence-corrected chi connectivity index (χ0v) is 10.4. The minimum absolute atomic E-state index is 0.531. The van der Waals surface area contributed by atoms with Gasteiger partial charge in [-0.25, -0.2) is 0 Å². The summed E-state index contributed by atoms with van der Waals surface area (Å²) in [6, 6.07) is 4.99. The maximum atomic E-state index is 3.45. The molecule has 2 heterocycles. The topological polar surface area (TPSA) is 15.3 Å². The van der Waals surface area contributed by atoms with Crippen molar-refractivity contribution >= 4 is 16.3 Å². The molecule has 1 aliphatic rings. The lowest BCUT2D eigenvalue weighted by molar-refractivity contribution is 0.334. The summed E-state index contributed by atoms with van der Waals surface area (Å²) in [6.45, 7) is 8.07. The van der Waals surface area contributed by atoms with Crippen LogP contribution in [0.2, 0.25) is 0 Å². The number of nitrogens with one attached hydrogen (secondary N) is 1. The van der Waals surface area contributed by atoms with Crippen LogP contribution in [0.25, 0.3) is 0 Å². The number of thiophene rings is 1. The minimum Gasteiger partial charge on any atom is -0.375 e. The van der Waals surface area contributed by atoms with Gasteiger partial charge in [0.25, 0.3) is 0 Å². The first kappa shape index (κ1) is 11.0. The van der Waals surface area contributed by atoms with Crippen LogP contribution in [0.4, 0.5) is 5.00 Å². The van der Waals surface area contributed by atoms with Crippen molar-refractivity contribution in [1.82, 2.24) is 4.90 Å². The monoisotopic (exact) mass is 224 g/mol. The number of anilines is 1. The number of hydrogen-bond donors (Lipinski definition) is 1. The van der Waals surface area contributed by atoms with Crippen LogP contribution in [0, 0.1) is 0 Å². The molecule has 2 rings (SSSR count). The SMILES string of the molecule is CC(C)Nc1ccc(CN2CCCC2)s1. The maximum Gasteiger partial charge on any atom is 0.0887 e. The molecule has 0 amide bonds. The standard InChI is InChI=1S/C12H20N2S/c1-10(2)13-12-6-5-11(15-12)9-14-7-3-4-8-14/h5-6,10,13H,3-4,7-9H2,1-2H3. The predicted octanol–water partition coefficient (Wildman–Crippen LogP) is 3.16. The van der Waals surface area contributed by atoms with Gasteiger partial charge in [-0.3, -0.25) is 4.90 Å². The molecule has 0 bridgehead atoms. The van der Waals surface area contributed by atoms with Crippen LogP contribution in [0.15, 0.2) is 12.1 Å². The Morgan fingerprint density at radius 2 is 2.07 bits per heavy atom. The van der Waals surface area contributed by atoms with Gasteiger partial charge >= 0.3 is 0 Å². The molecule has 1 fully saturated rings. The Morgan fingerprint density at radius 1 is 1.33 bits per heavy atom. The highest BCUT2D eigenvalue weighted by atomic mass is 32.1. The van der Waals surface area contributed by atoms with Crippen LogP contribution in [-0.2, 0) is 6.54 Å². The summed E-state index contributed by atoms with van der Waals surface area (Å²) < 4.78 is 0. The van der Waals surface area contributed by atoms with E-state index in [1.54, 1.807) is 0 Å². The van der Waals surface area contributed by atoms with Crippen molar-refractivity contribution in [3.63, 3.8) is 0 Å². The highest BCUT2D eigenvalue weighted by molar-refractivity contribution is 7.16. The first-order valence-electron chi connectivity index (χ1n) is 5.81. The molecule has 0 unspecified atom stereocenters. The van der Waals surface area contributed by atoms with E-state index in [2.05, 4.69) is 36.2 Å². The van der Waals surface area contributed by atoms with Crippen LogP contribution in [0.3, 0.4) is 0 Å². The van der Waals surface area contributed by atoms with Gasteiger partial charge in [-0.05, 0) is 51.9 Å². The second-order valence-electron chi connectivity index (χ2n) is 4.55. The molecule has 0 radical (unpaired) electrons. The largest absolute Gasteiger partial charge is 0.375 e. The predicted molar refractivity (Wildman–Crippen MR) is 67.6 cm³/mol. The van der Waals surface area contributed by atoms with Gasteiger partial charge in [0.05, 0.1) is 5.00 Å². The zero-order chi connectivity index (χ0) is 10.7. The average molecular weight is 224 g/mol. The van der Waals surface area contributed by atoms with E-state index in [4.69, 9.17) is 0 Å². The second-order valence-corrected chi connectivity index (χ2v) is 5.72. The summed E-state index contributed by atoms with van der Waals surface area (Å²) in [4.78, 5) is 4.03. The van der Waals surface area contributed by atoms with Gasteiger partial charge < -0.3 is 5.32 Å². The molecule has 0 atom stereocenters. The Hall–Kier alpha value is -0.540. The summed E-state index contributed by atoms with van der Waals surface area (Å²) in [6.07, 6.45) is 2.75. The van der Waals surface area contributed by atoms with E-state index in [9.17, 15) is 0 Å². The lowest BCUT2D eigenvalue weighted by Gasteiger charge is -2.12. The molecule has 0 spiro atoms. The fraction of sp³-hybridized carbons (Fsp3) is 0.667. The molecule has 1 aromatic heterocycles. The Morgan fingerprint density at radius 3 is 2.73 bits per heavy atom. The Balaban J connectivity index is 1.88. The van der Waals surface area contributed by atoms with Crippen molar-refractivity contribution in [2.45, 2.75) is 39.3 Å². The Labute approximate surface area is 96.3 Å². The first-order chi connectivity index (χ1) is 7.24. The molecule has 0 saturated carbocycles. The van der Waals surface area contributed by atoms with Crippen LogP contribution in [0.1, 0.15) is 31.6 Å². The molecule has 84 valence electrons. The van der Waals surface area contributed by atoms with E-state index >= 15 is 0 Å². The quantitative estimate of drug-likeness (QED) is 0.845. The van der Waals surface area contributed by atoms with Crippen molar-refractivity contribution in [3.05, 3.63) is 17.0 Å². The first-order valence-corrected chi connectivity index (χ1v) is 6.63. The third kappa shape index (κ3) is 3.21. The summed E-state index contributed by atoms with van der Waals surface area (Å²) in [7, 11) is 0. The molecule has 0 aromatic carbocycles. The molecule has 0 aliphatic carbocycles. The third-order valence-electron chi connectivity index (χ3n) is 2.67. The molecule has 1 saturated heterocycles. The van der Waals surface area contributed by atoms with E-state index in [1.807, 2.05) is 11.3 Å². The van der Waals surface area contributed by atoms with Gasteiger partial charge in [-0.1, -0.05) is 0 Å². The zero-order valence-electron chi connectivity index (χ0n) is 9.62. The van der Waals surface area contributed by atoms with E-state index in [-0.39, 0.29) is 0 Å². The van der Waals surface area contributed by atoms with Gasteiger partial charge in [0.2, 0.25) is 0 Å². The number of hydrogen-bond acceptors (Lipinski definition) is 3. The highest BCUT2D eigenvalue weighted by Crippen LogP contribution is 2.24. The normalized spacial score (nSPS) is 17.5. The molecule has 3 heteroatoms. The van der Waals surface area contributed by atoms with E-state index in [0.717, 1.165) is 6.54 Å². The number of likely N-dealkylation sites (tertiary alicyclic amines) is 1. The third-order valence-corrected chi connectivity index (χ3v) is 3.67. The van der Waals surface area contributed by atoms with E-state index in [1.165, 1.54) is 35.8 Å². The van der Waals surface area contributed by atoms with Crippen molar-refractivity contribution in [2.24, 2.45) is 0 Å². The number of nitrogens with zero attached hydrogens (tertiary/aromatic N) is 1. The lowest BCUT2D eigenvalue weighted by Crippen LogP contribution is -2.17. The van der Waals surface area contributed by atoms with Crippen LogP contribution in [0.5, 0.6) is 0 Å². The molecule has 1 N–H and O–H groups in total. The lowest BCUT2D eigenvalue weighted by atomic mass is 10.4. The van der Waals surface area contributed by atoms with Gasteiger partial charge in [0.1, 0.15) is 0 Å². The summed E-state index contributed by atoms with van der Waals surface area (Å²) in [5.74, 6) is 0. The van der Waals surface area contributed by atoms with Gasteiger partial charge in [-0.2, -0.15) is 0 Å². The van der Waals surface area contributed by atoms with Gasteiger partial charge in [0.15, 0.2) is 0 Å². The van der Waals surface area contributed by atoms with E-state index in [0.29, 0.717) is 6.04 Å². The van der Waals surface area contributed by atoms with Crippen LogP contribution >= 0.6 is 11.3 Å². The van der Waals surface area contributed by atoms with Crippen molar-refractivity contribution < 1.29 is 0 Å². The summed E-state index contributed by atoms with van der Waals surface area (Å²) in [5, 5.41) is 4.75.